The molecule has 4 rings (SSSR count). The highest BCUT2D eigenvalue weighted by molar-refractivity contribution is 5.45. The number of benzene rings is 1. The molecule has 0 fully saturated rings. The smallest absolute Gasteiger partial charge is 0.0945 e. The van der Waals surface area contributed by atoms with Gasteiger partial charge in [0.2, 0.25) is 0 Å². The predicted octanol–water partition coefficient (Wildman–Crippen LogP) is 5.30. The van der Waals surface area contributed by atoms with Gasteiger partial charge in [0, 0.05) is 18.9 Å². The van der Waals surface area contributed by atoms with Crippen molar-refractivity contribution in [1.82, 2.24) is 9.55 Å². The summed E-state index contributed by atoms with van der Waals surface area (Å²) in [6.45, 7) is 3.45. The summed E-state index contributed by atoms with van der Waals surface area (Å²) in [6, 6.07) is 7.14. The zero-order valence-electron chi connectivity index (χ0n) is 15.0. The number of aryl methyl sites for hydroxylation is 2. The molecule has 0 radical (unpaired) electrons. The summed E-state index contributed by atoms with van der Waals surface area (Å²) >= 11 is 0. The summed E-state index contributed by atoms with van der Waals surface area (Å²) in [4.78, 5) is 4.19. The van der Waals surface area contributed by atoms with E-state index in [0.717, 1.165) is 12.5 Å². The summed E-state index contributed by atoms with van der Waals surface area (Å²) < 4.78 is 2.24. The minimum absolute atomic E-state index is 0.484. The third-order valence-electron chi connectivity index (χ3n) is 6.42. The molecule has 2 heteroatoms. The van der Waals surface area contributed by atoms with Crippen molar-refractivity contribution in [2.45, 2.75) is 76.7 Å². The van der Waals surface area contributed by atoms with E-state index in [4.69, 9.17) is 0 Å². The van der Waals surface area contributed by atoms with E-state index in [1.807, 2.05) is 12.5 Å². The van der Waals surface area contributed by atoms with Crippen LogP contribution in [0.4, 0.5) is 0 Å². The van der Waals surface area contributed by atoms with Crippen molar-refractivity contribution in [1.29, 1.82) is 0 Å². The van der Waals surface area contributed by atoms with E-state index in [-0.39, 0.29) is 0 Å². The lowest BCUT2D eigenvalue weighted by atomic mass is 9.58. The molecule has 24 heavy (non-hydrogen) atoms. The lowest BCUT2D eigenvalue weighted by Gasteiger charge is -2.47. The molecule has 2 nitrogen and oxygen atoms in total. The van der Waals surface area contributed by atoms with E-state index >= 15 is 0 Å². The van der Waals surface area contributed by atoms with E-state index in [9.17, 15) is 0 Å². The molecule has 2 aromatic rings. The molecule has 0 saturated heterocycles. The van der Waals surface area contributed by atoms with Gasteiger partial charge in [-0.1, -0.05) is 38.0 Å². The molecular weight excluding hydrogens is 292 g/mol. The van der Waals surface area contributed by atoms with Crippen LogP contribution in [-0.2, 0) is 24.8 Å². The van der Waals surface area contributed by atoms with Crippen LogP contribution in [0.3, 0.4) is 0 Å². The van der Waals surface area contributed by atoms with Gasteiger partial charge in [-0.25, -0.2) is 4.98 Å². The highest BCUT2D eigenvalue weighted by atomic mass is 15.0. The molecule has 128 valence electrons. The fourth-order valence-electron chi connectivity index (χ4n) is 5.42. The number of imidazole rings is 1. The molecule has 0 unspecified atom stereocenters. The summed E-state index contributed by atoms with van der Waals surface area (Å²) in [7, 11) is 0. The number of rotatable bonds is 6. The van der Waals surface area contributed by atoms with Crippen molar-refractivity contribution in [3.8, 4) is 0 Å². The van der Waals surface area contributed by atoms with Gasteiger partial charge >= 0.3 is 0 Å². The minimum atomic E-state index is 0.484. The highest BCUT2D eigenvalue weighted by Crippen LogP contribution is 2.51. The first-order valence-electron chi connectivity index (χ1n) is 9.88. The van der Waals surface area contributed by atoms with Crippen LogP contribution in [0, 0.1) is 5.92 Å². The Kier molecular flexibility index (Phi) is 4.47. The van der Waals surface area contributed by atoms with Gasteiger partial charge in [0.15, 0.2) is 0 Å². The molecule has 0 saturated carbocycles. The second-order valence-corrected chi connectivity index (χ2v) is 8.05. The average Bonchev–Trinajstić information content (AvgIpc) is 3.12. The molecule has 2 aliphatic carbocycles. The van der Waals surface area contributed by atoms with Gasteiger partial charge in [-0.2, -0.15) is 0 Å². The number of hydrogen-bond donors (Lipinski definition) is 0. The summed E-state index contributed by atoms with van der Waals surface area (Å²) in [5.41, 5.74) is 5.61. The minimum Gasteiger partial charge on any atom is -0.337 e. The molecule has 1 heterocycles. The van der Waals surface area contributed by atoms with Crippen molar-refractivity contribution in [2.24, 2.45) is 5.92 Å². The first-order chi connectivity index (χ1) is 11.8. The van der Waals surface area contributed by atoms with Crippen LogP contribution in [0.15, 0.2) is 36.9 Å². The Hall–Kier alpha value is -1.57. The quantitative estimate of drug-likeness (QED) is 0.705. The van der Waals surface area contributed by atoms with Gasteiger partial charge in [-0.15, -0.1) is 0 Å². The van der Waals surface area contributed by atoms with E-state index < -0.39 is 0 Å². The number of hydrogen-bond acceptors (Lipinski definition) is 1. The van der Waals surface area contributed by atoms with Crippen LogP contribution in [0.1, 0.15) is 68.6 Å². The summed E-state index contributed by atoms with van der Waals surface area (Å²) in [5.74, 6) is 0.824. The first kappa shape index (κ1) is 15.9. The van der Waals surface area contributed by atoms with Gasteiger partial charge in [0.1, 0.15) is 0 Å². The predicted molar refractivity (Wildman–Crippen MR) is 99.2 cm³/mol. The molecule has 0 amide bonds. The van der Waals surface area contributed by atoms with Gasteiger partial charge in [0.25, 0.3) is 0 Å². The second kappa shape index (κ2) is 6.74. The largest absolute Gasteiger partial charge is 0.337 e. The molecule has 0 spiro atoms. The van der Waals surface area contributed by atoms with E-state index in [1.54, 1.807) is 16.7 Å². The Morgan fingerprint density at radius 2 is 2.21 bits per heavy atom. The molecule has 0 N–H and O–H groups in total. The molecule has 1 aromatic carbocycles. The Morgan fingerprint density at radius 3 is 3.04 bits per heavy atom. The third kappa shape index (κ3) is 2.92. The van der Waals surface area contributed by atoms with Crippen molar-refractivity contribution in [3.05, 3.63) is 53.6 Å². The van der Waals surface area contributed by atoms with Gasteiger partial charge in [-0.05, 0) is 73.0 Å². The third-order valence-corrected chi connectivity index (χ3v) is 6.42. The van der Waals surface area contributed by atoms with Crippen molar-refractivity contribution >= 4 is 0 Å². The Labute approximate surface area is 146 Å². The molecule has 0 aliphatic heterocycles. The molecule has 1 aromatic heterocycles. The number of nitrogens with zero attached hydrogens (tertiary/aromatic N) is 2. The maximum Gasteiger partial charge on any atom is 0.0945 e. The first-order valence-corrected chi connectivity index (χ1v) is 9.88. The Bertz CT molecular complexity index is 673. The zero-order chi connectivity index (χ0) is 16.4. The second-order valence-electron chi connectivity index (χ2n) is 8.05. The standard InChI is InChI=1S/C22H30N2/c1-2-3-10-22-11-5-8-19-6-4-7-20(21(19)22)15-18(16-22)9-13-24-14-12-23-17-24/h4,6-7,12,14,17-18H,2-3,5,8-11,13,15-16H2,1H3/t18-,22+/m0/s1. The van der Waals surface area contributed by atoms with Crippen LogP contribution in [0.2, 0.25) is 0 Å². The van der Waals surface area contributed by atoms with Crippen LogP contribution < -0.4 is 0 Å². The molecule has 0 bridgehead atoms. The SMILES string of the molecule is CCCC[C@]12CCCc3cccc(c31)C[C@H](CCn1ccnc1)C2. The molecular formula is C22H30N2. The Balaban J connectivity index is 1.61. The fraction of sp³-hybridized carbons (Fsp3) is 0.591. The van der Waals surface area contributed by atoms with Crippen LogP contribution in [0.5, 0.6) is 0 Å². The molecule has 2 atom stereocenters. The maximum atomic E-state index is 4.19. The lowest BCUT2D eigenvalue weighted by molar-refractivity contribution is 0.218. The normalized spacial score (nSPS) is 25.5. The molecule has 2 aliphatic rings. The van der Waals surface area contributed by atoms with Gasteiger partial charge in [0.05, 0.1) is 6.33 Å². The summed E-state index contributed by atoms with van der Waals surface area (Å²) in [6.07, 6.45) is 18.1. The van der Waals surface area contributed by atoms with E-state index in [2.05, 4.69) is 40.9 Å². The van der Waals surface area contributed by atoms with E-state index in [0.29, 0.717) is 5.41 Å². The fourth-order valence-corrected chi connectivity index (χ4v) is 5.42. The Morgan fingerprint density at radius 1 is 1.29 bits per heavy atom. The van der Waals surface area contributed by atoms with Crippen LogP contribution in [-0.4, -0.2) is 9.55 Å². The zero-order valence-corrected chi connectivity index (χ0v) is 15.0. The van der Waals surface area contributed by atoms with Gasteiger partial charge in [-0.3, -0.25) is 0 Å². The van der Waals surface area contributed by atoms with Gasteiger partial charge < -0.3 is 4.57 Å². The number of aromatic nitrogens is 2. The maximum absolute atomic E-state index is 4.19. The van der Waals surface area contributed by atoms with Crippen molar-refractivity contribution in [3.63, 3.8) is 0 Å². The monoisotopic (exact) mass is 322 g/mol. The van der Waals surface area contributed by atoms with Crippen LogP contribution in [0.25, 0.3) is 0 Å². The average molecular weight is 322 g/mol. The van der Waals surface area contributed by atoms with Crippen LogP contribution >= 0.6 is 0 Å². The highest BCUT2D eigenvalue weighted by Gasteiger charge is 2.42. The van der Waals surface area contributed by atoms with Crippen molar-refractivity contribution < 1.29 is 0 Å². The summed E-state index contributed by atoms with van der Waals surface area (Å²) in [5, 5.41) is 0. The lowest BCUT2D eigenvalue weighted by Crippen LogP contribution is -2.39. The van der Waals surface area contributed by atoms with Crippen molar-refractivity contribution in [2.75, 3.05) is 0 Å². The topological polar surface area (TPSA) is 17.8 Å². The number of unbranched alkanes of at least 4 members (excludes halogenated alkanes) is 1. The van der Waals surface area contributed by atoms with E-state index in [1.165, 1.54) is 57.8 Å².